The molecule has 11 heteroatoms. The van der Waals surface area contributed by atoms with Gasteiger partial charge >= 0.3 is 12.2 Å². The van der Waals surface area contributed by atoms with Gasteiger partial charge in [-0.1, -0.05) is 42.5 Å². The van der Waals surface area contributed by atoms with Crippen molar-refractivity contribution < 1.29 is 23.8 Å². The van der Waals surface area contributed by atoms with Crippen molar-refractivity contribution >= 4 is 23.2 Å². The Balaban J connectivity index is 1.09. The highest BCUT2D eigenvalue weighted by Gasteiger charge is 2.49. The number of rotatable bonds is 4. The van der Waals surface area contributed by atoms with E-state index in [-0.39, 0.29) is 29.7 Å². The third-order valence-electron chi connectivity index (χ3n) is 9.68. The van der Waals surface area contributed by atoms with Crippen molar-refractivity contribution in [1.82, 2.24) is 29.7 Å². The fraction of sp³-hybridized carbons (Fsp3) is 0.487. The van der Waals surface area contributed by atoms with Crippen LogP contribution in [0.3, 0.4) is 0 Å². The van der Waals surface area contributed by atoms with Gasteiger partial charge in [0.05, 0.1) is 41.6 Å². The zero-order valence-electron chi connectivity index (χ0n) is 30.0. The van der Waals surface area contributed by atoms with E-state index in [1.165, 1.54) is 0 Å². The number of H-pyrrole nitrogens is 2. The third-order valence-corrected chi connectivity index (χ3v) is 9.68. The molecule has 50 heavy (non-hydrogen) atoms. The summed E-state index contributed by atoms with van der Waals surface area (Å²) >= 11 is 0. The fourth-order valence-electron chi connectivity index (χ4n) is 7.43. The molecule has 1 spiro atoms. The van der Waals surface area contributed by atoms with Crippen LogP contribution in [0, 0.1) is 5.41 Å². The number of carbonyl (C=O) groups excluding carboxylic acids is 2. The molecule has 2 N–H and O–H groups in total. The number of nitrogens with zero attached hydrogens (tertiary/aromatic N) is 4. The number of hydrogen-bond acceptors (Lipinski definition) is 7. The molecule has 7 rings (SSSR count). The molecule has 3 fully saturated rings. The Morgan fingerprint density at radius 2 is 1.58 bits per heavy atom. The first-order chi connectivity index (χ1) is 23.7. The number of amides is 2. The van der Waals surface area contributed by atoms with E-state index in [4.69, 9.17) is 19.2 Å². The Morgan fingerprint density at radius 1 is 0.900 bits per heavy atom. The summed E-state index contributed by atoms with van der Waals surface area (Å²) in [5.74, 6) is 1.48. The zero-order chi connectivity index (χ0) is 35.4. The monoisotopic (exact) mass is 680 g/mol. The molecule has 5 heterocycles. The predicted octanol–water partition coefficient (Wildman–Crippen LogP) is 8.34. The second-order valence-electron chi connectivity index (χ2n) is 16.2. The van der Waals surface area contributed by atoms with Gasteiger partial charge in [0, 0.05) is 25.1 Å². The van der Waals surface area contributed by atoms with Crippen LogP contribution in [0.4, 0.5) is 9.59 Å². The summed E-state index contributed by atoms with van der Waals surface area (Å²) in [6.45, 7) is 17.9. The zero-order valence-corrected chi connectivity index (χ0v) is 30.0. The van der Waals surface area contributed by atoms with E-state index in [0.717, 1.165) is 70.7 Å². The molecule has 3 atom stereocenters. The van der Waals surface area contributed by atoms with Crippen LogP contribution in [0.2, 0.25) is 0 Å². The first-order valence-electron chi connectivity index (χ1n) is 17.5. The van der Waals surface area contributed by atoms with Gasteiger partial charge in [-0.25, -0.2) is 19.6 Å². The number of ether oxygens (including phenoxy) is 3. The Kier molecular flexibility index (Phi) is 8.53. The molecule has 0 saturated carbocycles. The van der Waals surface area contributed by atoms with E-state index in [1.54, 1.807) is 4.90 Å². The summed E-state index contributed by atoms with van der Waals surface area (Å²) in [4.78, 5) is 46.5. The average Bonchev–Trinajstić information content (AvgIpc) is 3.84. The molecule has 3 aliphatic heterocycles. The van der Waals surface area contributed by atoms with Crippen molar-refractivity contribution in [3.63, 3.8) is 0 Å². The van der Waals surface area contributed by atoms with Crippen molar-refractivity contribution in [2.45, 2.75) is 90.5 Å². The minimum absolute atomic E-state index is 0.0930. The summed E-state index contributed by atoms with van der Waals surface area (Å²) in [5, 5.41) is 0. The van der Waals surface area contributed by atoms with Crippen LogP contribution in [-0.4, -0.2) is 79.4 Å². The Hall–Kier alpha value is -4.64. The topological polar surface area (TPSA) is 126 Å². The summed E-state index contributed by atoms with van der Waals surface area (Å²) in [5.41, 5.74) is 5.43. The van der Waals surface area contributed by atoms with Crippen molar-refractivity contribution in [1.29, 1.82) is 0 Å². The molecule has 0 bridgehead atoms. The molecule has 3 saturated heterocycles. The van der Waals surface area contributed by atoms with Crippen LogP contribution in [0.1, 0.15) is 91.0 Å². The number of nitrogens with one attached hydrogen (secondary N) is 2. The van der Waals surface area contributed by atoms with Crippen LogP contribution in [-0.2, 0) is 14.2 Å². The van der Waals surface area contributed by atoms with E-state index in [9.17, 15) is 9.59 Å². The van der Waals surface area contributed by atoms with E-state index in [2.05, 4.69) is 57.9 Å². The SMILES string of the molecule is C=C1C[C@@H](c2ncc(-c3ccc(-c4ccc5nc([C@@H]6C[C@]7(CCCOC7)CN6C(=O)OC(C)(C)C)[nH]c5c4)cc3)[nH]2)N(C(=O)OC(C)(C)C)C1. The maximum absolute atomic E-state index is 13.4. The van der Waals surface area contributed by atoms with Crippen LogP contribution in [0.25, 0.3) is 33.4 Å². The highest BCUT2D eigenvalue weighted by atomic mass is 16.6. The maximum atomic E-state index is 13.4. The van der Waals surface area contributed by atoms with E-state index in [1.807, 2.05) is 58.7 Å². The third kappa shape index (κ3) is 7.01. The lowest BCUT2D eigenvalue weighted by Crippen LogP contribution is -2.40. The summed E-state index contributed by atoms with van der Waals surface area (Å²) in [7, 11) is 0. The van der Waals surface area contributed by atoms with Crippen LogP contribution >= 0.6 is 0 Å². The summed E-state index contributed by atoms with van der Waals surface area (Å²) in [6, 6.07) is 14.1. The number of aromatic amines is 2. The van der Waals surface area contributed by atoms with Gasteiger partial charge in [0.25, 0.3) is 0 Å². The number of benzene rings is 2. The van der Waals surface area contributed by atoms with Crippen molar-refractivity contribution in [3.8, 4) is 22.4 Å². The van der Waals surface area contributed by atoms with Crippen molar-refractivity contribution in [2.24, 2.45) is 5.41 Å². The smallest absolute Gasteiger partial charge is 0.411 e. The minimum Gasteiger partial charge on any atom is -0.444 e. The van der Waals surface area contributed by atoms with E-state index in [0.29, 0.717) is 31.9 Å². The fourth-order valence-corrected chi connectivity index (χ4v) is 7.43. The highest BCUT2D eigenvalue weighted by Crippen LogP contribution is 2.47. The van der Waals surface area contributed by atoms with E-state index >= 15 is 0 Å². The number of likely N-dealkylation sites (tertiary alicyclic amines) is 2. The Bertz CT molecular complexity index is 1910. The molecule has 3 aliphatic rings. The van der Waals surface area contributed by atoms with Crippen LogP contribution < -0.4 is 0 Å². The normalized spacial score (nSPS) is 22.9. The molecular weight excluding hydrogens is 632 g/mol. The van der Waals surface area contributed by atoms with Gasteiger partial charge in [-0.15, -0.1) is 0 Å². The second kappa shape index (κ2) is 12.6. The number of carbonyl (C=O) groups is 2. The van der Waals surface area contributed by atoms with Crippen molar-refractivity contribution in [3.05, 3.63) is 72.5 Å². The lowest BCUT2D eigenvalue weighted by molar-refractivity contribution is -0.00755. The summed E-state index contributed by atoms with van der Waals surface area (Å²) in [6.07, 6.45) is 4.55. The molecule has 2 aromatic heterocycles. The van der Waals surface area contributed by atoms with Gasteiger partial charge in [0.15, 0.2) is 0 Å². The maximum Gasteiger partial charge on any atom is 0.411 e. The number of imidazole rings is 2. The molecule has 4 aromatic rings. The molecule has 0 unspecified atom stereocenters. The number of fused-ring (bicyclic) bond motifs is 1. The highest BCUT2D eigenvalue weighted by molar-refractivity contribution is 5.83. The lowest BCUT2D eigenvalue weighted by atomic mass is 9.80. The molecule has 11 nitrogen and oxygen atoms in total. The first kappa shape index (κ1) is 33.8. The van der Waals surface area contributed by atoms with Gasteiger partial charge < -0.3 is 24.2 Å². The van der Waals surface area contributed by atoms with Gasteiger partial charge in [0.1, 0.15) is 22.9 Å². The molecule has 264 valence electrons. The molecule has 2 amide bonds. The summed E-state index contributed by atoms with van der Waals surface area (Å²) < 4.78 is 17.4. The molecule has 0 aliphatic carbocycles. The van der Waals surface area contributed by atoms with Crippen LogP contribution in [0.5, 0.6) is 0 Å². The molecule has 0 radical (unpaired) electrons. The quantitative estimate of drug-likeness (QED) is 0.208. The molecular formula is C39H48N6O5. The van der Waals surface area contributed by atoms with Crippen LogP contribution in [0.15, 0.2) is 60.8 Å². The number of hydrogen-bond donors (Lipinski definition) is 2. The minimum atomic E-state index is -0.590. The first-order valence-corrected chi connectivity index (χ1v) is 17.5. The largest absolute Gasteiger partial charge is 0.444 e. The molecule has 2 aromatic carbocycles. The lowest BCUT2D eigenvalue weighted by Gasteiger charge is -2.33. The Labute approximate surface area is 293 Å². The van der Waals surface area contributed by atoms with Gasteiger partial charge in [-0.05, 0) is 96.0 Å². The van der Waals surface area contributed by atoms with E-state index < -0.39 is 11.2 Å². The van der Waals surface area contributed by atoms with Gasteiger partial charge in [-0.2, -0.15) is 0 Å². The number of aromatic nitrogens is 4. The standard InChI is InChI=1S/C39H48N6O5/c1-24-17-31(44(21-24)35(46)49-37(2,3)4)33-40-20-30(43-33)26-11-9-25(10-12-26)27-13-14-28-29(18-27)42-34(41-28)32-19-39(15-8-16-48-23-39)22-45(32)36(47)50-38(5,6)7/h9-14,18,20,31-32H,1,8,15-17,19,21-23H2,2-7H3,(H,40,43)(H,41,42)/t31-,32-,39+/m0/s1. The second-order valence-corrected chi connectivity index (χ2v) is 16.2. The average molecular weight is 681 g/mol. The Morgan fingerprint density at radius 3 is 2.26 bits per heavy atom. The van der Waals surface area contributed by atoms with Gasteiger partial charge in [0.2, 0.25) is 0 Å². The van der Waals surface area contributed by atoms with Gasteiger partial charge in [-0.3, -0.25) is 9.80 Å². The predicted molar refractivity (Wildman–Crippen MR) is 191 cm³/mol. The van der Waals surface area contributed by atoms with Crippen molar-refractivity contribution in [2.75, 3.05) is 26.3 Å².